The zero-order valence-electron chi connectivity index (χ0n) is 9.29. The quantitative estimate of drug-likeness (QED) is 0.722. The topological polar surface area (TPSA) is 26.0 Å². The van der Waals surface area contributed by atoms with Crippen molar-refractivity contribution in [2.75, 3.05) is 0 Å². The van der Waals surface area contributed by atoms with Crippen molar-refractivity contribution in [1.29, 1.82) is 0 Å². The van der Waals surface area contributed by atoms with Crippen LogP contribution in [0.3, 0.4) is 0 Å². The Bertz CT molecular complexity index is 566. The third-order valence-corrected chi connectivity index (χ3v) is 3.23. The largest absolute Gasteiger partial charge is 0.469 e. The van der Waals surface area contributed by atoms with Crippen molar-refractivity contribution >= 4 is 6.08 Å². The minimum atomic E-state index is 0.969. The number of hydrogen-bond acceptors (Lipinski definition) is 2. The predicted octanol–water partition coefficient (Wildman–Crippen LogP) is 3.39. The summed E-state index contributed by atoms with van der Waals surface area (Å²) in [6, 6.07) is 2.04. The molecule has 0 radical (unpaired) electrons. The molecule has 2 nitrogen and oxygen atoms in total. The smallest absolute Gasteiger partial charge is 0.111 e. The van der Waals surface area contributed by atoms with Gasteiger partial charge in [0.15, 0.2) is 0 Å². The molecule has 0 spiro atoms. The molecular formula is C14H13NO. The number of rotatable bonds is 1. The maximum Gasteiger partial charge on any atom is 0.111 e. The Hall–Kier alpha value is -1.83. The molecule has 0 fully saturated rings. The molecule has 0 aromatic carbocycles. The summed E-state index contributed by atoms with van der Waals surface area (Å²) in [6.07, 6.45) is 7.61. The Labute approximate surface area is 94.6 Å². The summed E-state index contributed by atoms with van der Waals surface area (Å²) in [6.45, 7) is 5.91. The summed E-state index contributed by atoms with van der Waals surface area (Å²) in [7, 11) is 0. The standard InChI is InChI=1S/C14H13NO/c1-3-11-9(2)15-8-10-4-5-13-12(14(10)11)6-7-16-13/h3,6-8H,1,4-5H2,2H3. The van der Waals surface area contributed by atoms with Crippen molar-refractivity contribution in [1.82, 2.24) is 4.98 Å². The van der Waals surface area contributed by atoms with Crippen LogP contribution < -0.4 is 0 Å². The highest BCUT2D eigenvalue weighted by atomic mass is 16.3. The lowest BCUT2D eigenvalue weighted by Gasteiger charge is -2.18. The predicted molar refractivity (Wildman–Crippen MR) is 64.2 cm³/mol. The average molecular weight is 211 g/mol. The van der Waals surface area contributed by atoms with E-state index >= 15 is 0 Å². The Balaban J connectivity index is 2.37. The highest BCUT2D eigenvalue weighted by Gasteiger charge is 2.21. The van der Waals surface area contributed by atoms with Gasteiger partial charge in [-0.25, -0.2) is 0 Å². The maximum absolute atomic E-state index is 5.50. The van der Waals surface area contributed by atoms with E-state index in [4.69, 9.17) is 4.42 Å². The number of fused-ring (bicyclic) bond motifs is 3. The summed E-state index contributed by atoms with van der Waals surface area (Å²) in [5.41, 5.74) is 5.94. The summed E-state index contributed by atoms with van der Waals surface area (Å²) < 4.78 is 5.50. The van der Waals surface area contributed by atoms with Crippen LogP contribution in [0.15, 0.2) is 29.5 Å². The lowest BCUT2D eigenvalue weighted by atomic mass is 9.87. The van der Waals surface area contributed by atoms with Crippen molar-refractivity contribution in [3.63, 3.8) is 0 Å². The second-order valence-electron chi connectivity index (χ2n) is 4.12. The highest BCUT2D eigenvalue weighted by Crippen LogP contribution is 2.37. The van der Waals surface area contributed by atoms with Gasteiger partial charge in [0.2, 0.25) is 0 Å². The number of aromatic nitrogens is 1. The Morgan fingerprint density at radius 1 is 1.44 bits per heavy atom. The minimum Gasteiger partial charge on any atom is -0.469 e. The van der Waals surface area contributed by atoms with Crippen LogP contribution in [0, 0.1) is 6.92 Å². The summed E-state index contributed by atoms with van der Waals surface area (Å²) >= 11 is 0. The van der Waals surface area contributed by atoms with Crippen LogP contribution in [0.2, 0.25) is 0 Å². The molecule has 2 heteroatoms. The van der Waals surface area contributed by atoms with Gasteiger partial charge in [0.1, 0.15) is 5.76 Å². The molecule has 0 aliphatic heterocycles. The molecule has 0 N–H and O–H groups in total. The van der Waals surface area contributed by atoms with Crippen LogP contribution in [0.5, 0.6) is 0 Å². The van der Waals surface area contributed by atoms with Gasteiger partial charge in [0, 0.05) is 29.4 Å². The van der Waals surface area contributed by atoms with Crippen molar-refractivity contribution in [3.05, 3.63) is 47.7 Å². The van der Waals surface area contributed by atoms with Crippen molar-refractivity contribution in [2.24, 2.45) is 0 Å². The second kappa shape index (κ2) is 3.34. The molecule has 0 unspecified atom stereocenters. The fourth-order valence-electron chi connectivity index (χ4n) is 2.43. The molecule has 0 bridgehead atoms. The van der Waals surface area contributed by atoms with Gasteiger partial charge in [-0.2, -0.15) is 0 Å². The zero-order valence-corrected chi connectivity index (χ0v) is 9.29. The van der Waals surface area contributed by atoms with Crippen molar-refractivity contribution < 1.29 is 4.42 Å². The number of pyridine rings is 1. The van der Waals surface area contributed by atoms with E-state index in [0.717, 1.165) is 29.9 Å². The van der Waals surface area contributed by atoms with E-state index in [1.807, 2.05) is 25.3 Å². The van der Waals surface area contributed by atoms with E-state index in [-0.39, 0.29) is 0 Å². The molecule has 0 amide bonds. The molecule has 0 saturated heterocycles. The molecule has 2 aromatic heterocycles. The average Bonchev–Trinajstić information content (AvgIpc) is 2.77. The monoisotopic (exact) mass is 211 g/mol. The van der Waals surface area contributed by atoms with Crippen LogP contribution >= 0.6 is 0 Å². The first-order valence-corrected chi connectivity index (χ1v) is 5.49. The molecule has 2 aromatic rings. The van der Waals surface area contributed by atoms with Crippen LogP contribution in [0.1, 0.15) is 22.6 Å². The van der Waals surface area contributed by atoms with Gasteiger partial charge in [-0.15, -0.1) is 0 Å². The van der Waals surface area contributed by atoms with E-state index < -0.39 is 0 Å². The van der Waals surface area contributed by atoms with Gasteiger partial charge < -0.3 is 4.42 Å². The number of aryl methyl sites for hydroxylation is 3. The fourth-order valence-corrected chi connectivity index (χ4v) is 2.43. The number of nitrogens with zero attached hydrogens (tertiary/aromatic N) is 1. The summed E-state index contributed by atoms with van der Waals surface area (Å²) in [5, 5.41) is 0. The summed E-state index contributed by atoms with van der Waals surface area (Å²) in [5.74, 6) is 1.08. The third kappa shape index (κ3) is 1.16. The van der Waals surface area contributed by atoms with E-state index in [9.17, 15) is 0 Å². The van der Waals surface area contributed by atoms with E-state index in [0.29, 0.717) is 0 Å². The molecule has 3 rings (SSSR count). The molecule has 1 aliphatic rings. The van der Waals surface area contributed by atoms with E-state index in [1.54, 1.807) is 6.26 Å². The Morgan fingerprint density at radius 2 is 2.31 bits per heavy atom. The van der Waals surface area contributed by atoms with Gasteiger partial charge in [-0.3, -0.25) is 4.98 Å². The summed E-state index contributed by atoms with van der Waals surface area (Å²) in [4.78, 5) is 4.42. The molecular weight excluding hydrogens is 198 g/mol. The Morgan fingerprint density at radius 3 is 3.12 bits per heavy atom. The molecule has 1 aliphatic carbocycles. The first-order valence-electron chi connectivity index (χ1n) is 5.49. The molecule has 2 heterocycles. The maximum atomic E-state index is 5.50. The van der Waals surface area contributed by atoms with Crippen LogP contribution in [0.25, 0.3) is 17.2 Å². The SMILES string of the molecule is C=Cc1c(C)ncc2c1-c1ccoc1CC2. The van der Waals surface area contributed by atoms with Gasteiger partial charge in [0.25, 0.3) is 0 Å². The van der Waals surface area contributed by atoms with E-state index in [1.165, 1.54) is 16.7 Å². The van der Waals surface area contributed by atoms with Crippen LogP contribution in [-0.2, 0) is 12.8 Å². The molecule has 16 heavy (non-hydrogen) atoms. The first-order chi connectivity index (χ1) is 7.81. The lowest BCUT2D eigenvalue weighted by Crippen LogP contribution is -2.05. The van der Waals surface area contributed by atoms with Gasteiger partial charge >= 0.3 is 0 Å². The van der Waals surface area contributed by atoms with Crippen LogP contribution in [-0.4, -0.2) is 4.98 Å². The van der Waals surface area contributed by atoms with Crippen LogP contribution in [0.4, 0.5) is 0 Å². The first kappa shape index (κ1) is 9.40. The minimum absolute atomic E-state index is 0.969. The van der Waals surface area contributed by atoms with Gasteiger partial charge in [-0.1, -0.05) is 12.7 Å². The van der Waals surface area contributed by atoms with Gasteiger partial charge in [0.05, 0.1) is 6.26 Å². The number of furan rings is 1. The van der Waals surface area contributed by atoms with Gasteiger partial charge in [-0.05, 0) is 30.5 Å². The number of hydrogen-bond donors (Lipinski definition) is 0. The second-order valence-corrected chi connectivity index (χ2v) is 4.12. The normalized spacial score (nSPS) is 13.1. The Kier molecular flexibility index (Phi) is 1.96. The molecule has 0 saturated carbocycles. The molecule has 0 atom stereocenters. The lowest BCUT2D eigenvalue weighted by molar-refractivity contribution is 0.507. The van der Waals surface area contributed by atoms with Crippen molar-refractivity contribution in [2.45, 2.75) is 19.8 Å². The highest BCUT2D eigenvalue weighted by molar-refractivity contribution is 5.80. The van der Waals surface area contributed by atoms with Crippen molar-refractivity contribution in [3.8, 4) is 11.1 Å². The van der Waals surface area contributed by atoms with E-state index in [2.05, 4.69) is 11.6 Å². The fraction of sp³-hybridized carbons (Fsp3) is 0.214. The third-order valence-electron chi connectivity index (χ3n) is 3.23. The molecule has 80 valence electrons. The zero-order chi connectivity index (χ0) is 11.1.